The predicted molar refractivity (Wildman–Crippen MR) is 99.4 cm³/mol. The normalized spacial score (nSPS) is 15.5. The molecule has 4 heterocycles. The molecule has 9 heteroatoms. The van der Waals surface area contributed by atoms with Crippen LogP contribution >= 0.6 is 11.3 Å². The molecule has 138 valence electrons. The van der Waals surface area contributed by atoms with Gasteiger partial charge in [0.05, 0.1) is 18.4 Å². The zero-order valence-corrected chi connectivity index (χ0v) is 15.5. The molecule has 0 unspecified atom stereocenters. The highest BCUT2D eigenvalue weighted by atomic mass is 32.1. The predicted octanol–water partition coefficient (Wildman–Crippen LogP) is 1.45. The van der Waals surface area contributed by atoms with Gasteiger partial charge in [0.1, 0.15) is 0 Å². The molecule has 4 rings (SSSR count). The van der Waals surface area contributed by atoms with Gasteiger partial charge in [-0.25, -0.2) is 4.98 Å². The van der Waals surface area contributed by atoms with Crippen LogP contribution in [-0.4, -0.2) is 61.4 Å². The van der Waals surface area contributed by atoms with Gasteiger partial charge in [-0.15, -0.1) is 16.4 Å². The molecule has 0 bridgehead atoms. The number of nitrogens with zero attached hydrogens (tertiary/aromatic N) is 6. The van der Waals surface area contributed by atoms with E-state index in [-0.39, 0.29) is 5.91 Å². The summed E-state index contributed by atoms with van der Waals surface area (Å²) >= 11 is 1.60. The third-order valence-electron chi connectivity index (χ3n) is 4.68. The Morgan fingerprint density at radius 2 is 2.08 bits per heavy atom. The first-order valence-corrected chi connectivity index (χ1v) is 9.98. The van der Waals surface area contributed by atoms with Gasteiger partial charge < -0.3 is 10.2 Å². The molecular weight excluding hydrogens is 350 g/mol. The van der Waals surface area contributed by atoms with Crippen molar-refractivity contribution in [2.24, 2.45) is 0 Å². The summed E-state index contributed by atoms with van der Waals surface area (Å²) in [6.45, 7) is 4.58. The molecule has 1 aliphatic rings. The highest BCUT2D eigenvalue weighted by molar-refractivity contribution is 7.15. The molecule has 1 N–H and O–H groups in total. The standard InChI is InChI=1S/C17H23N7OS/c25-16(18-5-4-14-12-23-10-11-26-17(23)19-14)15-13-24(21-20-15)9-8-22-6-2-1-3-7-22/h10-13H,1-9H2,(H,18,25). The maximum atomic E-state index is 12.2. The Hall–Kier alpha value is -2.26. The Balaban J connectivity index is 1.22. The third kappa shape index (κ3) is 4.10. The Morgan fingerprint density at radius 3 is 2.92 bits per heavy atom. The minimum atomic E-state index is -0.185. The minimum absolute atomic E-state index is 0.185. The summed E-state index contributed by atoms with van der Waals surface area (Å²) in [4.78, 5) is 20.1. The van der Waals surface area contributed by atoms with E-state index in [1.165, 1.54) is 19.3 Å². The number of carbonyl (C=O) groups is 1. The van der Waals surface area contributed by atoms with Gasteiger partial charge >= 0.3 is 0 Å². The Kier molecular flexibility index (Phi) is 5.26. The van der Waals surface area contributed by atoms with Crippen LogP contribution in [0.5, 0.6) is 0 Å². The number of imidazole rings is 1. The summed E-state index contributed by atoms with van der Waals surface area (Å²) in [5.74, 6) is -0.185. The fourth-order valence-corrected chi connectivity index (χ4v) is 3.95. The monoisotopic (exact) mass is 373 g/mol. The topological polar surface area (TPSA) is 80.4 Å². The first kappa shape index (κ1) is 17.2. The van der Waals surface area contributed by atoms with E-state index < -0.39 is 0 Å². The van der Waals surface area contributed by atoms with E-state index in [4.69, 9.17) is 0 Å². The second-order valence-electron chi connectivity index (χ2n) is 6.60. The Bertz CT molecular complexity index is 833. The lowest BCUT2D eigenvalue weighted by Crippen LogP contribution is -2.32. The number of piperidine rings is 1. The number of aromatic nitrogens is 5. The van der Waals surface area contributed by atoms with E-state index in [1.807, 2.05) is 22.2 Å². The van der Waals surface area contributed by atoms with Crippen LogP contribution < -0.4 is 5.32 Å². The molecule has 3 aromatic rings. The SMILES string of the molecule is O=C(NCCc1cn2ccsc2n1)c1cn(CCN2CCCCC2)nn1. The van der Waals surface area contributed by atoms with Crippen molar-refractivity contribution in [2.45, 2.75) is 32.2 Å². The third-order valence-corrected chi connectivity index (χ3v) is 5.45. The van der Waals surface area contributed by atoms with Crippen molar-refractivity contribution < 1.29 is 4.79 Å². The Morgan fingerprint density at radius 1 is 1.19 bits per heavy atom. The van der Waals surface area contributed by atoms with Gasteiger partial charge in [-0.3, -0.25) is 13.9 Å². The van der Waals surface area contributed by atoms with E-state index >= 15 is 0 Å². The quantitative estimate of drug-likeness (QED) is 0.678. The summed E-state index contributed by atoms with van der Waals surface area (Å²) in [7, 11) is 0. The molecule has 8 nitrogen and oxygen atoms in total. The van der Waals surface area contributed by atoms with E-state index in [0.29, 0.717) is 18.7 Å². The first-order valence-electron chi connectivity index (χ1n) is 9.10. The number of hydrogen-bond donors (Lipinski definition) is 1. The van der Waals surface area contributed by atoms with Crippen molar-refractivity contribution in [1.82, 2.24) is 34.6 Å². The van der Waals surface area contributed by atoms with Crippen molar-refractivity contribution in [1.29, 1.82) is 0 Å². The summed E-state index contributed by atoms with van der Waals surface area (Å²) in [6, 6.07) is 0. The smallest absolute Gasteiger partial charge is 0.273 e. The van der Waals surface area contributed by atoms with Gasteiger partial charge in [0.25, 0.3) is 5.91 Å². The zero-order valence-electron chi connectivity index (χ0n) is 14.7. The molecule has 1 amide bonds. The van der Waals surface area contributed by atoms with Crippen LogP contribution in [0.25, 0.3) is 4.96 Å². The van der Waals surface area contributed by atoms with Crippen LogP contribution in [0.4, 0.5) is 0 Å². The molecular formula is C17H23N7OS. The Labute approximate surface area is 155 Å². The second-order valence-corrected chi connectivity index (χ2v) is 7.47. The number of rotatable bonds is 7. The van der Waals surface area contributed by atoms with E-state index in [0.717, 1.165) is 36.8 Å². The van der Waals surface area contributed by atoms with Crippen molar-refractivity contribution in [3.63, 3.8) is 0 Å². The summed E-state index contributed by atoms with van der Waals surface area (Å²) in [5.41, 5.74) is 1.34. The number of likely N-dealkylation sites (tertiary alicyclic amines) is 1. The molecule has 1 fully saturated rings. The summed E-state index contributed by atoms with van der Waals surface area (Å²) < 4.78 is 3.75. The highest BCUT2D eigenvalue weighted by Crippen LogP contribution is 2.11. The number of carbonyl (C=O) groups excluding carboxylic acids is 1. The van der Waals surface area contributed by atoms with Crippen LogP contribution in [-0.2, 0) is 13.0 Å². The number of amides is 1. The number of hydrogen-bond acceptors (Lipinski definition) is 6. The molecule has 0 atom stereocenters. The lowest BCUT2D eigenvalue weighted by atomic mass is 10.1. The van der Waals surface area contributed by atoms with E-state index in [2.05, 4.69) is 25.5 Å². The summed E-state index contributed by atoms with van der Waals surface area (Å²) in [6.07, 6.45) is 10.3. The molecule has 3 aromatic heterocycles. The highest BCUT2D eigenvalue weighted by Gasteiger charge is 2.13. The fraction of sp³-hybridized carbons (Fsp3) is 0.529. The second kappa shape index (κ2) is 7.96. The van der Waals surface area contributed by atoms with Crippen LogP contribution in [0.2, 0.25) is 0 Å². The first-order chi connectivity index (χ1) is 12.8. The molecule has 0 spiro atoms. The molecule has 1 saturated heterocycles. The molecule has 0 aromatic carbocycles. The minimum Gasteiger partial charge on any atom is -0.350 e. The van der Waals surface area contributed by atoms with E-state index in [9.17, 15) is 4.79 Å². The van der Waals surface area contributed by atoms with Gasteiger partial charge in [-0.05, 0) is 25.9 Å². The molecule has 0 radical (unpaired) electrons. The fourth-order valence-electron chi connectivity index (χ4n) is 3.23. The van der Waals surface area contributed by atoms with Crippen molar-refractivity contribution in [3.05, 3.63) is 35.4 Å². The molecule has 26 heavy (non-hydrogen) atoms. The van der Waals surface area contributed by atoms with Crippen LogP contribution in [0.15, 0.2) is 24.0 Å². The van der Waals surface area contributed by atoms with Crippen molar-refractivity contribution in [3.8, 4) is 0 Å². The molecule has 0 aliphatic carbocycles. The maximum absolute atomic E-state index is 12.2. The lowest BCUT2D eigenvalue weighted by molar-refractivity contribution is 0.0949. The summed E-state index contributed by atoms with van der Waals surface area (Å²) in [5, 5.41) is 13.0. The maximum Gasteiger partial charge on any atom is 0.273 e. The van der Waals surface area contributed by atoms with Crippen molar-refractivity contribution >= 4 is 22.2 Å². The average molecular weight is 373 g/mol. The van der Waals surface area contributed by atoms with Crippen LogP contribution in [0.1, 0.15) is 35.4 Å². The molecule has 0 saturated carbocycles. The van der Waals surface area contributed by atoms with Gasteiger partial charge in [0.2, 0.25) is 0 Å². The molecule has 1 aliphatic heterocycles. The van der Waals surface area contributed by atoms with Gasteiger partial charge in [-0.2, -0.15) is 0 Å². The number of fused-ring (bicyclic) bond motifs is 1. The van der Waals surface area contributed by atoms with E-state index in [1.54, 1.807) is 22.2 Å². The van der Waals surface area contributed by atoms with Gasteiger partial charge in [0, 0.05) is 37.3 Å². The van der Waals surface area contributed by atoms with Gasteiger partial charge in [-0.1, -0.05) is 11.6 Å². The zero-order chi connectivity index (χ0) is 17.8. The number of nitrogens with one attached hydrogen (secondary N) is 1. The lowest BCUT2D eigenvalue weighted by Gasteiger charge is -2.25. The van der Waals surface area contributed by atoms with Crippen molar-refractivity contribution in [2.75, 3.05) is 26.2 Å². The largest absolute Gasteiger partial charge is 0.350 e. The average Bonchev–Trinajstić information content (AvgIpc) is 3.37. The van der Waals surface area contributed by atoms with Crippen LogP contribution in [0.3, 0.4) is 0 Å². The van der Waals surface area contributed by atoms with Crippen LogP contribution in [0, 0.1) is 0 Å². The number of thiazole rings is 1. The van der Waals surface area contributed by atoms with Gasteiger partial charge in [0.15, 0.2) is 10.7 Å².